The average molecular weight is 356 g/mol. The van der Waals surface area contributed by atoms with E-state index in [1.54, 1.807) is 6.07 Å². The molecule has 0 bridgehead atoms. The van der Waals surface area contributed by atoms with E-state index in [9.17, 15) is 13.5 Å². The Balaban J connectivity index is 2.14. The van der Waals surface area contributed by atoms with Gasteiger partial charge in [-0.1, -0.05) is 24.3 Å². The van der Waals surface area contributed by atoms with Crippen LogP contribution in [-0.2, 0) is 10.1 Å². The van der Waals surface area contributed by atoms with Crippen LogP contribution < -0.4 is 0 Å². The summed E-state index contributed by atoms with van der Waals surface area (Å²) in [6, 6.07) is 12.7. The highest BCUT2D eigenvalue weighted by atomic mass is 32.2. The first-order valence-corrected chi connectivity index (χ1v) is 8.92. The third kappa shape index (κ3) is 3.38. The second kappa shape index (κ2) is 6.27. The van der Waals surface area contributed by atoms with Gasteiger partial charge in [0.1, 0.15) is 11.4 Å². The molecule has 0 amide bonds. The van der Waals surface area contributed by atoms with E-state index in [1.165, 1.54) is 24.3 Å². The Hall–Kier alpha value is -2.77. The predicted octanol–water partition coefficient (Wildman–Crippen LogP) is 4.82. The van der Waals surface area contributed by atoms with Gasteiger partial charge in [0, 0.05) is 5.39 Å². The number of aryl methyl sites for hydroxylation is 1. The summed E-state index contributed by atoms with van der Waals surface area (Å²) in [5.74, 6) is -0.0684. The van der Waals surface area contributed by atoms with Gasteiger partial charge in [0.05, 0.1) is 10.6 Å². The van der Waals surface area contributed by atoms with E-state index in [0.717, 1.165) is 11.1 Å². The fraction of sp³-hybridized carbons (Fsp3) is 0.111. The number of phenols is 1. The van der Waals surface area contributed by atoms with E-state index in [-0.39, 0.29) is 16.3 Å². The molecule has 0 radical (unpaired) electrons. The van der Waals surface area contributed by atoms with Crippen molar-refractivity contribution in [2.24, 2.45) is 10.2 Å². The van der Waals surface area contributed by atoms with Crippen molar-refractivity contribution in [1.82, 2.24) is 0 Å². The molecule has 0 aliphatic heterocycles. The number of nitrogens with zero attached hydrogens (tertiary/aromatic N) is 2. The number of hydrogen-bond donors (Lipinski definition) is 2. The highest BCUT2D eigenvalue weighted by molar-refractivity contribution is 7.85. The summed E-state index contributed by atoms with van der Waals surface area (Å²) in [6.07, 6.45) is 0. The van der Waals surface area contributed by atoms with E-state index in [0.29, 0.717) is 16.5 Å². The van der Waals surface area contributed by atoms with Crippen molar-refractivity contribution in [2.75, 3.05) is 0 Å². The fourth-order valence-electron chi connectivity index (χ4n) is 2.49. The van der Waals surface area contributed by atoms with Crippen LogP contribution in [0.25, 0.3) is 10.8 Å². The van der Waals surface area contributed by atoms with Gasteiger partial charge < -0.3 is 5.11 Å². The van der Waals surface area contributed by atoms with Gasteiger partial charge in [0.2, 0.25) is 0 Å². The Bertz CT molecular complexity index is 1110. The molecule has 0 spiro atoms. The molecule has 0 unspecified atom stereocenters. The van der Waals surface area contributed by atoms with Gasteiger partial charge in [-0.15, -0.1) is 5.11 Å². The van der Waals surface area contributed by atoms with Gasteiger partial charge in [-0.3, -0.25) is 4.55 Å². The van der Waals surface area contributed by atoms with Crippen LogP contribution in [0.3, 0.4) is 0 Å². The summed E-state index contributed by atoms with van der Waals surface area (Å²) in [6.45, 7) is 3.91. The first-order valence-electron chi connectivity index (χ1n) is 7.48. The fourth-order valence-corrected chi connectivity index (χ4v) is 3.01. The summed E-state index contributed by atoms with van der Waals surface area (Å²) in [5, 5.41) is 19.5. The maximum absolute atomic E-state index is 11.3. The number of rotatable bonds is 3. The van der Waals surface area contributed by atoms with Crippen LogP contribution in [0.4, 0.5) is 11.4 Å². The lowest BCUT2D eigenvalue weighted by atomic mass is 10.1. The SMILES string of the molecule is Cc1cccc(N=Nc2c(O)ccc3cc(S(=O)(=O)O)ccc23)c1C. The summed E-state index contributed by atoms with van der Waals surface area (Å²) >= 11 is 0. The zero-order chi connectivity index (χ0) is 18.2. The van der Waals surface area contributed by atoms with E-state index >= 15 is 0 Å². The minimum absolute atomic E-state index is 0.0684. The molecule has 0 aliphatic carbocycles. The first-order chi connectivity index (χ1) is 11.8. The Kier molecular flexibility index (Phi) is 4.28. The second-order valence-electron chi connectivity index (χ2n) is 5.71. The van der Waals surface area contributed by atoms with E-state index in [2.05, 4.69) is 10.2 Å². The van der Waals surface area contributed by atoms with E-state index < -0.39 is 10.1 Å². The molecule has 0 atom stereocenters. The molecule has 128 valence electrons. The molecule has 0 aliphatic rings. The van der Waals surface area contributed by atoms with Crippen molar-refractivity contribution < 1.29 is 18.1 Å². The summed E-state index contributed by atoms with van der Waals surface area (Å²) in [7, 11) is -4.30. The van der Waals surface area contributed by atoms with E-state index in [1.807, 2.05) is 32.0 Å². The van der Waals surface area contributed by atoms with Gasteiger partial charge in [-0.2, -0.15) is 13.5 Å². The molecular weight excluding hydrogens is 340 g/mol. The second-order valence-corrected chi connectivity index (χ2v) is 7.13. The molecule has 0 fully saturated rings. The van der Waals surface area contributed by atoms with Crippen molar-refractivity contribution in [3.8, 4) is 5.75 Å². The van der Waals surface area contributed by atoms with Crippen LogP contribution in [0.5, 0.6) is 5.75 Å². The van der Waals surface area contributed by atoms with E-state index in [4.69, 9.17) is 4.55 Å². The summed E-state index contributed by atoms with van der Waals surface area (Å²) in [4.78, 5) is -0.219. The molecule has 3 aromatic rings. The monoisotopic (exact) mass is 356 g/mol. The quantitative estimate of drug-likeness (QED) is 0.519. The smallest absolute Gasteiger partial charge is 0.294 e. The number of benzene rings is 3. The maximum atomic E-state index is 11.3. The first kappa shape index (κ1) is 17.1. The Morgan fingerprint density at radius 3 is 2.44 bits per heavy atom. The number of aromatic hydroxyl groups is 1. The van der Waals surface area contributed by atoms with Gasteiger partial charge >= 0.3 is 0 Å². The normalized spacial score (nSPS) is 12.1. The van der Waals surface area contributed by atoms with Crippen molar-refractivity contribution in [2.45, 2.75) is 18.7 Å². The highest BCUT2D eigenvalue weighted by Gasteiger charge is 2.13. The molecule has 3 rings (SSSR count). The molecule has 6 nitrogen and oxygen atoms in total. The molecule has 2 N–H and O–H groups in total. The van der Waals surface area contributed by atoms with Crippen molar-refractivity contribution in [1.29, 1.82) is 0 Å². The van der Waals surface area contributed by atoms with Crippen molar-refractivity contribution in [3.63, 3.8) is 0 Å². The Morgan fingerprint density at radius 2 is 1.72 bits per heavy atom. The molecule has 3 aromatic carbocycles. The van der Waals surface area contributed by atoms with Crippen LogP contribution >= 0.6 is 0 Å². The molecule has 0 saturated carbocycles. The zero-order valence-corrected chi connectivity index (χ0v) is 14.4. The van der Waals surface area contributed by atoms with Crippen LogP contribution in [0.2, 0.25) is 0 Å². The third-order valence-electron chi connectivity index (χ3n) is 4.07. The summed E-state index contributed by atoms with van der Waals surface area (Å²) in [5.41, 5.74) is 2.99. The largest absolute Gasteiger partial charge is 0.506 e. The maximum Gasteiger partial charge on any atom is 0.294 e. The minimum atomic E-state index is -4.30. The lowest BCUT2D eigenvalue weighted by molar-refractivity contribution is 0.477. The number of phenolic OH excluding ortho intramolecular Hbond substituents is 1. The van der Waals surface area contributed by atoms with Crippen LogP contribution in [0, 0.1) is 13.8 Å². The average Bonchev–Trinajstić information content (AvgIpc) is 2.56. The number of hydrogen-bond acceptors (Lipinski definition) is 5. The standard InChI is InChI=1S/C18H16N2O4S/c1-11-4-3-5-16(12(11)2)19-20-18-15-8-7-14(25(22,23)24)10-13(15)6-9-17(18)21/h3-10,21H,1-2H3,(H,22,23,24). The van der Waals surface area contributed by atoms with Crippen LogP contribution in [0.15, 0.2) is 63.7 Å². The minimum Gasteiger partial charge on any atom is -0.506 e. The lowest BCUT2D eigenvalue weighted by Crippen LogP contribution is -1.97. The highest BCUT2D eigenvalue weighted by Crippen LogP contribution is 2.37. The lowest BCUT2D eigenvalue weighted by Gasteiger charge is -2.06. The number of fused-ring (bicyclic) bond motifs is 1. The molecular formula is C18H16N2O4S. The molecule has 25 heavy (non-hydrogen) atoms. The molecule has 0 saturated heterocycles. The predicted molar refractivity (Wildman–Crippen MR) is 95.5 cm³/mol. The zero-order valence-electron chi connectivity index (χ0n) is 13.6. The van der Waals surface area contributed by atoms with Gasteiger partial charge in [-0.25, -0.2) is 0 Å². The van der Waals surface area contributed by atoms with Crippen molar-refractivity contribution >= 4 is 32.3 Å². The Morgan fingerprint density at radius 1 is 0.960 bits per heavy atom. The van der Waals surface area contributed by atoms with Gasteiger partial charge in [0.15, 0.2) is 0 Å². The number of azo groups is 1. The summed E-state index contributed by atoms with van der Waals surface area (Å²) < 4.78 is 31.7. The topological polar surface area (TPSA) is 99.3 Å². The Labute approximate surface area is 145 Å². The molecule has 0 heterocycles. The van der Waals surface area contributed by atoms with Crippen LogP contribution in [0.1, 0.15) is 11.1 Å². The molecule has 7 heteroatoms. The van der Waals surface area contributed by atoms with Gasteiger partial charge in [0.25, 0.3) is 10.1 Å². The van der Waals surface area contributed by atoms with Crippen LogP contribution in [-0.4, -0.2) is 18.1 Å². The molecule has 0 aromatic heterocycles. The third-order valence-corrected chi connectivity index (χ3v) is 4.92. The van der Waals surface area contributed by atoms with Crippen molar-refractivity contribution in [3.05, 3.63) is 59.7 Å². The van der Waals surface area contributed by atoms with Gasteiger partial charge in [-0.05, 0) is 54.6 Å².